The predicted octanol–water partition coefficient (Wildman–Crippen LogP) is 2.39. The summed E-state index contributed by atoms with van der Waals surface area (Å²) in [4.78, 5) is 40.4. The maximum Gasteiger partial charge on any atom is 0.326 e. The second-order valence-corrected chi connectivity index (χ2v) is 12.1. The van der Waals surface area contributed by atoms with Crippen LogP contribution >= 0.6 is 0 Å². The van der Waals surface area contributed by atoms with Gasteiger partial charge in [-0.25, -0.2) is 4.79 Å². The summed E-state index contributed by atoms with van der Waals surface area (Å²) in [6, 6.07) is 4.16. The molecule has 2 saturated carbocycles. The van der Waals surface area contributed by atoms with Gasteiger partial charge in [-0.05, 0) is 80.2 Å². The highest BCUT2D eigenvalue weighted by atomic mass is 16.4. The topological polar surface area (TPSA) is 127 Å². The van der Waals surface area contributed by atoms with Gasteiger partial charge in [0.2, 0.25) is 5.91 Å². The number of carboxylic acids is 1. The molecule has 1 aromatic carbocycles. The smallest absolute Gasteiger partial charge is 0.326 e. The van der Waals surface area contributed by atoms with Crippen LogP contribution in [0.5, 0.6) is 5.75 Å². The largest absolute Gasteiger partial charge is 0.508 e. The monoisotopic (exact) mass is 498 g/mol. The Morgan fingerprint density at radius 1 is 1.25 bits per heavy atom. The van der Waals surface area contributed by atoms with E-state index in [4.69, 9.17) is 0 Å². The quantitative estimate of drug-likeness (QED) is 0.433. The molecule has 1 saturated heterocycles. The van der Waals surface area contributed by atoms with Gasteiger partial charge in [-0.15, -0.1) is 0 Å². The molecule has 4 N–H and O–H groups in total. The fourth-order valence-corrected chi connectivity index (χ4v) is 7.20. The van der Waals surface area contributed by atoms with Crippen molar-refractivity contribution in [1.82, 2.24) is 10.2 Å². The molecular formula is C28H38N2O6. The third-order valence-corrected chi connectivity index (χ3v) is 9.12. The van der Waals surface area contributed by atoms with E-state index < -0.39 is 34.9 Å². The number of aliphatic carboxylic acids is 1. The number of hydrogen-bond donors (Lipinski definition) is 4. The van der Waals surface area contributed by atoms with Crippen LogP contribution in [0.2, 0.25) is 0 Å². The average molecular weight is 499 g/mol. The van der Waals surface area contributed by atoms with Gasteiger partial charge in [0.1, 0.15) is 17.6 Å². The number of Topliss-reactive ketones (excluding diaryl/α,β-unsaturated/α-hetero) is 1. The van der Waals surface area contributed by atoms with Crippen LogP contribution in [0.15, 0.2) is 18.2 Å². The van der Waals surface area contributed by atoms with Crippen LogP contribution in [0.4, 0.5) is 0 Å². The number of carbonyl (C=O) groups excluding carboxylic acids is 2. The summed E-state index contributed by atoms with van der Waals surface area (Å²) in [5.74, 6) is -1.41. The minimum absolute atomic E-state index is 0.0730. The highest BCUT2D eigenvalue weighted by molar-refractivity contribution is 5.91. The molecule has 0 aromatic heterocycles. The molecule has 36 heavy (non-hydrogen) atoms. The van der Waals surface area contributed by atoms with Gasteiger partial charge in [0.25, 0.3) is 0 Å². The number of fused-ring (bicyclic) bond motifs is 1. The van der Waals surface area contributed by atoms with Gasteiger partial charge in [0, 0.05) is 36.8 Å². The zero-order chi connectivity index (χ0) is 25.8. The third-order valence-electron chi connectivity index (χ3n) is 9.12. The van der Waals surface area contributed by atoms with E-state index in [1.165, 1.54) is 12.8 Å². The van der Waals surface area contributed by atoms with Crippen molar-refractivity contribution >= 4 is 17.7 Å². The van der Waals surface area contributed by atoms with Crippen molar-refractivity contribution in [3.63, 3.8) is 0 Å². The Balaban J connectivity index is 1.43. The molecular weight excluding hydrogens is 460 g/mol. The molecule has 1 unspecified atom stereocenters. The van der Waals surface area contributed by atoms with Crippen molar-refractivity contribution in [2.75, 3.05) is 13.1 Å². The summed E-state index contributed by atoms with van der Waals surface area (Å²) < 4.78 is 0. The van der Waals surface area contributed by atoms with E-state index in [-0.39, 0.29) is 42.8 Å². The zero-order valence-corrected chi connectivity index (χ0v) is 21.2. The number of benzene rings is 1. The first-order chi connectivity index (χ1) is 17.0. The number of carbonyl (C=O) groups is 3. The number of amides is 1. The normalized spacial score (nSPS) is 32.5. The van der Waals surface area contributed by atoms with E-state index in [0.29, 0.717) is 25.2 Å². The van der Waals surface area contributed by atoms with Crippen LogP contribution in [-0.2, 0) is 26.2 Å². The Bertz CT molecular complexity index is 1070. The minimum Gasteiger partial charge on any atom is -0.508 e. The highest BCUT2D eigenvalue weighted by Gasteiger charge is 2.66. The maximum absolute atomic E-state index is 13.5. The van der Waals surface area contributed by atoms with Crippen molar-refractivity contribution < 1.29 is 29.7 Å². The molecule has 8 heteroatoms. The zero-order valence-electron chi connectivity index (χ0n) is 21.2. The first-order valence-corrected chi connectivity index (χ1v) is 13.4. The number of rotatable bonds is 8. The summed E-state index contributed by atoms with van der Waals surface area (Å²) in [5, 5.41) is 34.9. The second-order valence-electron chi connectivity index (χ2n) is 12.1. The van der Waals surface area contributed by atoms with E-state index in [1.807, 2.05) is 19.9 Å². The van der Waals surface area contributed by atoms with Gasteiger partial charge in [0.15, 0.2) is 0 Å². The number of aromatic hydroxyl groups is 1. The van der Waals surface area contributed by atoms with Crippen LogP contribution in [0.3, 0.4) is 0 Å². The number of likely N-dealkylation sites (tertiary alicyclic amines) is 1. The van der Waals surface area contributed by atoms with Gasteiger partial charge >= 0.3 is 5.97 Å². The molecule has 3 fully saturated rings. The minimum atomic E-state index is -1.20. The Labute approximate surface area is 212 Å². The molecule has 5 atom stereocenters. The lowest BCUT2D eigenvalue weighted by Crippen LogP contribution is -2.74. The summed E-state index contributed by atoms with van der Waals surface area (Å²) in [7, 11) is 0. The Morgan fingerprint density at radius 3 is 2.67 bits per heavy atom. The Hall–Kier alpha value is -2.45. The van der Waals surface area contributed by atoms with E-state index in [2.05, 4.69) is 10.2 Å². The number of nitrogens with zero attached hydrogens (tertiary/aromatic N) is 1. The molecule has 1 amide bonds. The van der Waals surface area contributed by atoms with Gasteiger partial charge < -0.3 is 20.6 Å². The number of piperidine rings is 1. The maximum atomic E-state index is 13.5. The summed E-state index contributed by atoms with van der Waals surface area (Å²) in [6.07, 6.45) is 4.17. The van der Waals surface area contributed by atoms with Gasteiger partial charge in [-0.3, -0.25) is 14.5 Å². The van der Waals surface area contributed by atoms with Gasteiger partial charge in [-0.1, -0.05) is 19.9 Å². The second kappa shape index (κ2) is 9.14. The Kier molecular flexibility index (Phi) is 6.40. The van der Waals surface area contributed by atoms with E-state index in [1.54, 1.807) is 12.1 Å². The van der Waals surface area contributed by atoms with Crippen molar-refractivity contribution in [3.8, 4) is 5.75 Å². The highest BCUT2D eigenvalue weighted by Crippen LogP contribution is 2.59. The van der Waals surface area contributed by atoms with Crippen LogP contribution in [0.25, 0.3) is 0 Å². The van der Waals surface area contributed by atoms with Crippen LogP contribution in [0, 0.1) is 17.8 Å². The van der Waals surface area contributed by atoms with Crippen LogP contribution in [-0.4, -0.2) is 68.7 Å². The average Bonchev–Trinajstić information content (AvgIpc) is 3.60. The first kappa shape index (κ1) is 25.2. The van der Waals surface area contributed by atoms with Crippen molar-refractivity contribution in [3.05, 3.63) is 29.3 Å². The molecule has 5 rings (SSSR count). The molecule has 0 radical (unpaired) electrons. The molecule has 3 aliphatic carbocycles. The third kappa shape index (κ3) is 4.32. The first-order valence-electron chi connectivity index (χ1n) is 13.4. The lowest BCUT2D eigenvalue weighted by atomic mass is 9.47. The molecule has 196 valence electrons. The summed E-state index contributed by atoms with van der Waals surface area (Å²) in [6.45, 7) is 5.52. The van der Waals surface area contributed by atoms with Gasteiger partial charge in [-0.2, -0.15) is 0 Å². The fourth-order valence-electron chi connectivity index (χ4n) is 7.20. The van der Waals surface area contributed by atoms with E-state index in [9.17, 15) is 29.7 Å². The Morgan fingerprint density at radius 2 is 2.00 bits per heavy atom. The molecule has 2 bridgehead atoms. The van der Waals surface area contributed by atoms with Crippen molar-refractivity contribution in [1.29, 1.82) is 0 Å². The number of nitrogens with one attached hydrogen (secondary N) is 1. The fraction of sp³-hybridized carbons (Fsp3) is 0.679. The van der Waals surface area contributed by atoms with Crippen LogP contribution < -0.4 is 5.32 Å². The molecule has 1 heterocycles. The molecule has 1 aromatic rings. The number of ketones is 1. The number of phenolic OH excluding ortho intramolecular Hbond substituents is 1. The summed E-state index contributed by atoms with van der Waals surface area (Å²) >= 11 is 0. The molecule has 0 spiro atoms. The lowest BCUT2D eigenvalue weighted by molar-refractivity contribution is -0.182. The van der Waals surface area contributed by atoms with Crippen molar-refractivity contribution in [2.24, 2.45) is 17.8 Å². The molecule has 8 nitrogen and oxygen atoms in total. The molecule has 4 aliphatic rings. The lowest BCUT2D eigenvalue weighted by Gasteiger charge is -2.64. The SMILES string of the molecule is CC(C)C[C@H](NC(=O)C[C@H]1C[C@@]2(O)[C@H]3Cc4ccc(O)cc4C2(CCN3CC2CC2)CC1=O)C(=O)O. The van der Waals surface area contributed by atoms with Gasteiger partial charge in [0.05, 0.1) is 5.60 Å². The number of aliphatic hydroxyl groups is 1. The van der Waals surface area contributed by atoms with Crippen LogP contribution in [0.1, 0.15) is 69.9 Å². The number of carboxylic acid groups (broad SMARTS) is 1. The molecule has 1 aliphatic heterocycles. The summed E-state index contributed by atoms with van der Waals surface area (Å²) in [5.41, 5.74) is -0.0457. The number of hydrogen-bond acceptors (Lipinski definition) is 6. The van der Waals surface area contributed by atoms with E-state index >= 15 is 0 Å². The van der Waals surface area contributed by atoms with E-state index in [0.717, 1.165) is 24.2 Å². The predicted molar refractivity (Wildman–Crippen MR) is 133 cm³/mol. The standard InChI is InChI=1S/C28H38N2O6/c1-16(2)9-22(26(34)35)29-25(33)11-19-13-28(36)24-10-18-5-6-20(31)12-21(18)27(28,14-23(19)32)7-8-30(24)15-17-3-4-17/h5-6,12,16-17,19,22,24,31,36H,3-4,7-11,13-15H2,1-2H3,(H,29,33)(H,34,35)/t19-,22-,24+,27?,28+/m0/s1. The number of phenols is 1. The van der Waals surface area contributed by atoms with Crippen molar-refractivity contribution in [2.45, 2.75) is 88.3 Å².